The van der Waals surface area contributed by atoms with E-state index in [1.54, 1.807) is 13.0 Å². The molecule has 0 aliphatic carbocycles. The molecule has 98 valence electrons. The van der Waals surface area contributed by atoms with Gasteiger partial charge in [0.2, 0.25) is 10.0 Å². The number of nitrogens with zero attached hydrogens (tertiary/aromatic N) is 1. The number of sulfonamides is 1. The van der Waals surface area contributed by atoms with Crippen molar-refractivity contribution in [1.29, 1.82) is 5.26 Å². The first-order valence-corrected chi connectivity index (χ1v) is 6.54. The fraction of sp³-hybridized carbons (Fsp3) is 0.778. The van der Waals surface area contributed by atoms with E-state index in [0.717, 1.165) is 0 Å². The van der Waals surface area contributed by atoms with Gasteiger partial charge >= 0.3 is 5.97 Å². The van der Waals surface area contributed by atoms with E-state index in [9.17, 15) is 13.2 Å². The van der Waals surface area contributed by atoms with Crippen molar-refractivity contribution in [1.82, 2.24) is 4.72 Å². The Balaban J connectivity index is 4.44. The summed E-state index contributed by atoms with van der Waals surface area (Å²) in [6, 6.07) is 1.67. The van der Waals surface area contributed by atoms with E-state index >= 15 is 0 Å². The van der Waals surface area contributed by atoms with E-state index in [-0.39, 0.29) is 19.4 Å². The van der Waals surface area contributed by atoms with Gasteiger partial charge in [0, 0.05) is 13.7 Å². The summed E-state index contributed by atoms with van der Waals surface area (Å²) in [6.45, 7) is 1.42. The van der Waals surface area contributed by atoms with Crippen molar-refractivity contribution in [2.24, 2.45) is 0 Å². The molecule has 0 fully saturated rings. The molecule has 0 saturated heterocycles. The highest BCUT2D eigenvalue weighted by Gasteiger charge is 2.24. The van der Waals surface area contributed by atoms with Gasteiger partial charge in [-0.3, -0.25) is 4.79 Å². The Hall–Kier alpha value is -1.17. The normalized spacial score (nSPS) is 14.9. The van der Waals surface area contributed by atoms with Crippen molar-refractivity contribution in [2.75, 3.05) is 13.7 Å². The maximum absolute atomic E-state index is 11.6. The van der Waals surface area contributed by atoms with Crippen LogP contribution >= 0.6 is 0 Å². The number of methoxy groups -OCH3 is 1. The Kier molecular flexibility index (Phi) is 6.72. The van der Waals surface area contributed by atoms with Crippen molar-refractivity contribution < 1.29 is 23.1 Å². The van der Waals surface area contributed by atoms with Gasteiger partial charge in [-0.2, -0.15) is 5.26 Å². The molecule has 0 spiro atoms. The monoisotopic (exact) mass is 264 g/mol. The third-order valence-corrected chi connectivity index (χ3v) is 3.89. The molecule has 0 aromatic carbocycles. The zero-order valence-corrected chi connectivity index (χ0v) is 10.5. The maximum Gasteiger partial charge on any atom is 0.306 e. The predicted octanol–water partition coefficient (Wildman–Crippen LogP) is -0.302. The van der Waals surface area contributed by atoms with E-state index in [1.807, 2.05) is 0 Å². The zero-order valence-electron chi connectivity index (χ0n) is 9.71. The standard InChI is InChI=1S/C9H16N2O5S/c1-3-8(5-10)17(14,15)11-6-7(16-2)4-9(12)13/h7-8,11H,3-4,6H2,1-2H3,(H,12,13). The Morgan fingerprint density at radius 2 is 2.18 bits per heavy atom. The molecular weight excluding hydrogens is 248 g/mol. The lowest BCUT2D eigenvalue weighted by Crippen LogP contribution is -2.39. The average molecular weight is 264 g/mol. The molecule has 0 aliphatic heterocycles. The highest BCUT2D eigenvalue weighted by atomic mass is 32.2. The van der Waals surface area contributed by atoms with E-state index in [0.29, 0.717) is 0 Å². The fourth-order valence-corrected chi connectivity index (χ4v) is 2.32. The number of hydrogen-bond acceptors (Lipinski definition) is 5. The minimum atomic E-state index is -3.75. The lowest BCUT2D eigenvalue weighted by molar-refractivity contribution is -0.139. The summed E-state index contributed by atoms with van der Waals surface area (Å²) in [7, 11) is -2.45. The Morgan fingerprint density at radius 1 is 1.59 bits per heavy atom. The summed E-state index contributed by atoms with van der Waals surface area (Å²) in [5.41, 5.74) is 0. The van der Waals surface area contributed by atoms with Crippen LogP contribution in [0.4, 0.5) is 0 Å². The number of rotatable bonds is 8. The number of ether oxygens (including phenoxy) is 1. The van der Waals surface area contributed by atoms with Crippen LogP contribution in [-0.4, -0.2) is 44.5 Å². The molecule has 0 aromatic heterocycles. The van der Waals surface area contributed by atoms with Gasteiger partial charge in [0.05, 0.1) is 18.6 Å². The van der Waals surface area contributed by atoms with Crippen LogP contribution in [0.2, 0.25) is 0 Å². The van der Waals surface area contributed by atoms with Crippen LogP contribution in [0.25, 0.3) is 0 Å². The van der Waals surface area contributed by atoms with Crippen LogP contribution in [0.5, 0.6) is 0 Å². The fourth-order valence-electron chi connectivity index (χ4n) is 1.12. The Labute approximate surface area is 100 Å². The van der Waals surface area contributed by atoms with E-state index in [2.05, 4.69) is 4.72 Å². The Bertz CT molecular complexity index is 387. The smallest absolute Gasteiger partial charge is 0.306 e. The zero-order chi connectivity index (χ0) is 13.5. The molecule has 8 heteroatoms. The summed E-state index contributed by atoms with van der Waals surface area (Å²) in [6.07, 6.45) is -0.886. The summed E-state index contributed by atoms with van der Waals surface area (Å²) in [5, 5.41) is 16.0. The quantitative estimate of drug-likeness (QED) is 0.621. The van der Waals surface area contributed by atoms with Crippen molar-refractivity contribution >= 4 is 16.0 Å². The largest absolute Gasteiger partial charge is 0.481 e. The molecule has 0 saturated carbocycles. The highest BCUT2D eigenvalue weighted by molar-refractivity contribution is 7.90. The molecule has 2 atom stereocenters. The Morgan fingerprint density at radius 3 is 2.53 bits per heavy atom. The van der Waals surface area contributed by atoms with Gasteiger partial charge in [-0.25, -0.2) is 13.1 Å². The number of carbonyl (C=O) groups is 1. The molecule has 0 radical (unpaired) electrons. The molecule has 0 amide bonds. The first-order chi connectivity index (χ1) is 7.87. The maximum atomic E-state index is 11.6. The summed E-state index contributed by atoms with van der Waals surface area (Å²) in [4.78, 5) is 10.4. The van der Waals surface area contributed by atoms with Crippen LogP contribution in [0.3, 0.4) is 0 Å². The van der Waals surface area contributed by atoms with Crippen molar-refractivity contribution in [2.45, 2.75) is 31.1 Å². The molecule has 17 heavy (non-hydrogen) atoms. The molecule has 0 bridgehead atoms. The minimum absolute atomic E-state index is 0.163. The second kappa shape index (κ2) is 7.21. The summed E-state index contributed by atoms with van der Waals surface area (Å²) in [5.74, 6) is -1.08. The number of carboxylic acid groups (broad SMARTS) is 1. The molecule has 0 aromatic rings. The van der Waals surface area contributed by atoms with E-state index < -0.39 is 27.3 Å². The minimum Gasteiger partial charge on any atom is -0.481 e. The van der Waals surface area contributed by atoms with Crippen LogP contribution in [0, 0.1) is 11.3 Å². The van der Waals surface area contributed by atoms with E-state index in [4.69, 9.17) is 15.1 Å². The van der Waals surface area contributed by atoms with Crippen molar-refractivity contribution in [3.63, 3.8) is 0 Å². The SMILES string of the molecule is CCC(C#N)S(=O)(=O)NCC(CC(=O)O)OC. The molecule has 2 N–H and O–H groups in total. The number of carboxylic acids is 1. The molecule has 0 aliphatic rings. The third kappa shape index (κ3) is 5.63. The van der Waals surface area contributed by atoms with Gasteiger partial charge in [0.25, 0.3) is 0 Å². The second-order valence-electron chi connectivity index (χ2n) is 3.38. The molecule has 0 rings (SSSR count). The van der Waals surface area contributed by atoms with Gasteiger partial charge in [-0.15, -0.1) is 0 Å². The van der Waals surface area contributed by atoms with Crippen LogP contribution in [0.15, 0.2) is 0 Å². The number of nitriles is 1. The summed E-state index contributed by atoms with van der Waals surface area (Å²) >= 11 is 0. The predicted molar refractivity (Wildman–Crippen MR) is 59.7 cm³/mol. The van der Waals surface area contributed by atoms with Gasteiger partial charge < -0.3 is 9.84 Å². The van der Waals surface area contributed by atoms with Crippen molar-refractivity contribution in [3.05, 3.63) is 0 Å². The lowest BCUT2D eigenvalue weighted by Gasteiger charge is -2.15. The molecular formula is C9H16N2O5S. The first kappa shape index (κ1) is 15.8. The first-order valence-electron chi connectivity index (χ1n) is 5.00. The van der Waals surface area contributed by atoms with Gasteiger partial charge in [-0.05, 0) is 6.42 Å². The highest BCUT2D eigenvalue weighted by Crippen LogP contribution is 2.04. The lowest BCUT2D eigenvalue weighted by atomic mass is 10.2. The van der Waals surface area contributed by atoms with E-state index in [1.165, 1.54) is 7.11 Å². The number of aliphatic carboxylic acids is 1. The second-order valence-corrected chi connectivity index (χ2v) is 5.32. The van der Waals surface area contributed by atoms with Gasteiger partial charge in [0.15, 0.2) is 5.25 Å². The molecule has 0 heterocycles. The molecule has 2 unspecified atom stereocenters. The van der Waals surface area contributed by atoms with Gasteiger partial charge in [0.1, 0.15) is 0 Å². The third-order valence-electron chi connectivity index (χ3n) is 2.14. The van der Waals surface area contributed by atoms with Gasteiger partial charge in [-0.1, -0.05) is 6.92 Å². The van der Waals surface area contributed by atoms with Crippen LogP contribution < -0.4 is 4.72 Å². The topological polar surface area (TPSA) is 116 Å². The number of hydrogen-bond donors (Lipinski definition) is 2. The van der Waals surface area contributed by atoms with Crippen molar-refractivity contribution in [3.8, 4) is 6.07 Å². The van der Waals surface area contributed by atoms with Crippen LogP contribution in [0.1, 0.15) is 19.8 Å². The average Bonchev–Trinajstić information content (AvgIpc) is 2.25. The molecule has 7 nitrogen and oxygen atoms in total. The number of nitrogens with one attached hydrogen (secondary N) is 1. The summed E-state index contributed by atoms with van der Waals surface area (Å²) < 4.78 is 30.1. The van der Waals surface area contributed by atoms with Crippen LogP contribution in [-0.2, 0) is 19.6 Å².